The molecule has 0 radical (unpaired) electrons. The van der Waals surface area contributed by atoms with Crippen molar-refractivity contribution in [2.75, 3.05) is 33.4 Å². The molecule has 288 valence electrons. The number of nitrogens with one attached hydrogen (secondary N) is 3. The van der Waals surface area contributed by atoms with Crippen LogP contribution in [0.4, 0.5) is 13.2 Å². The van der Waals surface area contributed by atoms with Gasteiger partial charge in [-0.3, -0.25) is 24.6 Å². The highest BCUT2D eigenvalue weighted by molar-refractivity contribution is 7.10. The Labute approximate surface area is 315 Å². The van der Waals surface area contributed by atoms with Gasteiger partial charge in [0, 0.05) is 52.0 Å². The van der Waals surface area contributed by atoms with Crippen LogP contribution in [-0.2, 0) is 29.8 Å². The second-order valence-electron chi connectivity index (χ2n) is 13.6. The number of aliphatic imine (C=N–C) groups is 1. The van der Waals surface area contributed by atoms with Crippen LogP contribution < -0.4 is 10.6 Å². The topological polar surface area (TPSA) is 150 Å². The average molecular weight is 768 g/mol. The molecule has 1 aliphatic heterocycles. The molecule has 1 aromatic heterocycles. The van der Waals surface area contributed by atoms with Crippen molar-refractivity contribution < 1.29 is 41.8 Å². The highest BCUT2D eigenvalue weighted by Gasteiger charge is 2.50. The zero-order chi connectivity index (χ0) is 39.0. The zero-order valence-corrected chi connectivity index (χ0v) is 31.0. The van der Waals surface area contributed by atoms with Gasteiger partial charge >= 0.3 is 5.97 Å². The first-order valence-electron chi connectivity index (χ1n) is 17.8. The molecule has 1 fully saturated rings. The summed E-state index contributed by atoms with van der Waals surface area (Å²) in [5.74, 6) is -5.48. The van der Waals surface area contributed by atoms with Crippen molar-refractivity contribution in [3.05, 3.63) is 81.0 Å². The predicted molar refractivity (Wildman–Crippen MR) is 199 cm³/mol. The fourth-order valence-electron chi connectivity index (χ4n) is 6.75. The highest BCUT2D eigenvalue weighted by Crippen LogP contribution is 2.51. The Morgan fingerprint density at radius 2 is 1.74 bits per heavy atom. The lowest BCUT2D eigenvalue weighted by Gasteiger charge is -2.25. The summed E-state index contributed by atoms with van der Waals surface area (Å²) in [6.45, 7) is 4.00. The third-order valence-electron chi connectivity index (χ3n) is 9.68. The molecule has 3 aromatic rings. The van der Waals surface area contributed by atoms with Crippen LogP contribution in [0.25, 0.3) is 11.1 Å². The Morgan fingerprint density at radius 3 is 2.50 bits per heavy atom. The number of halogens is 3. The van der Waals surface area contributed by atoms with E-state index < -0.39 is 54.5 Å². The lowest BCUT2D eigenvalue weighted by Crippen LogP contribution is -2.49. The minimum Gasteiger partial charge on any atom is -0.469 e. The Balaban J connectivity index is 1.22. The number of carbonyl (C=O) groups is 4. The molecule has 54 heavy (non-hydrogen) atoms. The minimum absolute atomic E-state index is 0.0194. The van der Waals surface area contributed by atoms with Gasteiger partial charge in [0.25, 0.3) is 11.8 Å². The smallest absolute Gasteiger partial charge is 0.305 e. The van der Waals surface area contributed by atoms with Gasteiger partial charge in [-0.2, -0.15) is 8.78 Å². The number of hydrogen-bond donors (Lipinski definition) is 3. The maximum Gasteiger partial charge on any atom is 0.305 e. The number of fused-ring (bicyclic) bond motifs is 3. The number of amidine groups is 1. The summed E-state index contributed by atoms with van der Waals surface area (Å²) in [6, 6.07) is 9.82. The number of thiophene rings is 1. The Kier molecular flexibility index (Phi) is 13.1. The number of methoxy groups -OCH3 is 1. The van der Waals surface area contributed by atoms with E-state index in [4.69, 9.17) is 10.1 Å². The van der Waals surface area contributed by atoms with Crippen LogP contribution in [0.3, 0.4) is 0 Å². The van der Waals surface area contributed by atoms with E-state index in [2.05, 4.69) is 27.1 Å². The minimum atomic E-state index is -3.22. The summed E-state index contributed by atoms with van der Waals surface area (Å²) in [4.78, 5) is 57.1. The number of benzene rings is 2. The van der Waals surface area contributed by atoms with Crippen LogP contribution in [0.15, 0.2) is 58.9 Å². The molecule has 5 rings (SSSR count). The van der Waals surface area contributed by atoms with E-state index in [1.807, 2.05) is 0 Å². The average Bonchev–Trinajstić information content (AvgIpc) is 3.86. The first kappa shape index (κ1) is 40.3. The van der Waals surface area contributed by atoms with Gasteiger partial charge in [-0.25, -0.2) is 9.38 Å². The summed E-state index contributed by atoms with van der Waals surface area (Å²) >= 11 is 1.30. The van der Waals surface area contributed by atoms with Gasteiger partial charge in [0.2, 0.25) is 11.8 Å². The van der Waals surface area contributed by atoms with Crippen LogP contribution in [0.5, 0.6) is 0 Å². The van der Waals surface area contributed by atoms with Gasteiger partial charge in [-0.1, -0.05) is 49.6 Å². The first-order chi connectivity index (χ1) is 25.8. The van der Waals surface area contributed by atoms with Crippen LogP contribution >= 0.6 is 11.3 Å². The van der Waals surface area contributed by atoms with Gasteiger partial charge < -0.3 is 25.0 Å². The summed E-state index contributed by atoms with van der Waals surface area (Å²) in [6.07, 6.45) is 3.95. The second kappa shape index (κ2) is 17.5. The molecule has 0 bridgehead atoms. The normalized spacial score (nSPS) is 18.7. The van der Waals surface area contributed by atoms with E-state index in [0.29, 0.717) is 28.8 Å². The van der Waals surface area contributed by atoms with E-state index in [0.717, 1.165) is 30.6 Å². The number of nitrogens with zero attached hydrogens (tertiary/aromatic N) is 2. The number of esters is 1. The molecule has 3 atom stereocenters. The number of likely N-dealkylation sites (tertiary alicyclic amines) is 1. The van der Waals surface area contributed by atoms with Gasteiger partial charge in [0.15, 0.2) is 11.5 Å². The van der Waals surface area contributed by atoms with Crippen molar-refractivity contribution in [2.45, 2.75) is 75.5 Å². The van der Waals surface area contributed by atoms with Crippen molar-refractivity contribution >= 4 is 47.6 Å². The number of ether oxygens (including phenoxy) is 2. The van der Waals surface area contributed by atoms with Crippen molar-refractivity contribution in [1.82, 2.24) is 15.5 Å². The largest absolute Gasteiger partial charge is 0.469 e. The summed E-state index contributed by atoms with van der Waals surface area (Å²) in [7, 11) is 1.35. The van der Waals surface area contributed by atoms with Gasteiger partial charge in [0.1, 0.15) is 6.04 Å². The highest BCUT2D eigenvalue weighted by atomic mass is 32.1. The zero-order valence-electron chi connectivity index (χ0n) is 30.2. The second-order valence-corrected chi connectivity index (χ2v) is 14.5. The van der Waals surface area contributed by atoms with Crippen molar-refractivity contribution in [1.29, 1.82) is 5.41 Å². The monoisotopic (exact) mass is 767 g/mol. The molecular weight excluding hydrogens is 724 g/mol. The molecular formula is C39H44F3N5O6S. The van der Waals surface area contributed by atoms with E-state index in [-0.39, 0.29) is 53.7 Å². The number of unbranched alkanes of at least 4 members (excludes halogenated alkanes) is 4. The quantitative estimate of drug-likeness (QED) is 0.0632. The van der Waals surface area contributed by atoms with Crippen LogP contribution in [-0.4, -0.2) is 86.3 Å². The molecule has 11 nitrogen and oxygen atoms in total. The van der Waals surface area contributed by atoms with Crippen molar-refractivity contribution in [2.24, 2.45) is 4.99 Å². The molecule has 0 saturated carbocycles. The third kappa shape index (κ3) is 9.24. The van der Waals surface area contributed by atoms with Crippen molar-refractivity contribution in [3.8, 4) is 11.1 Å². The van der Waals surface area contributed by atoms with Crippen LogP contribution in [0.2, 0.25) is 0 Å². The fraction of sp³-hybridized carbons (Fsp3) is 0.436. The van der Waals surface area contributed by atoms with Gasteiger partial charge in [0.05, 0.1) is 32.8 Å². The van der Waals surface area contributed by atoms with Gasteiger partial charge in [-0.05, 0) is 55.8 Å². The summed E-state index contributed by atoms with van der Waals surface area (Å²) in [5, 5.41) is 15.0. The lowest BCUT2D eigenvalue weighted by atomic mass is 10.0. The number of alkyl halides is 3. The molecule has 0 spiro atoms. The van der Waals surface area contributed by atoms with E-state index in [1.165, 1.54) is 48.8 Å². The summed E-state index contributed by atoms with van der Waals surface area (Å²) < 4.78 is 56.7. The number of carbonyl (C=O) groups excluding carboxylic acids is 4. The molecule has 1 aliphatic carbocycles. The molecule has 2 heterocycles. The number of hydrogen-bond acceptors (Lipinski definition) is 8. The molecule has 2 aromatic carbocycles. The van der Waals surface area contributed by atoms with E-state index >= 15 is 13.2 Å². The number of rotatable bonds is 17. The van der Waals surface area contributed by atoms with Crippen molar-refractivity contribution in [3.63, 3.8) is 0 Å². The number of amides is 3. The SMILES string of the molecule is C=NC(=N)c1csc([C@@H](C)NC(=O)[C@@H]2C[C@](F)(COCCCCCCCC(=O)OC)CN2C(=O)CNC(=O)c2ccc3c(c2)-c2ccccc2C3(F)F)c1. The molecule has 3 N–H and O–H groups in total. The standard InChI is InChI=1S/C39H44F3N5O6S/c1-24(32-18-26(21-54-32)35(43)44-2)46-37(51)31-19-38(40,23-53-16-10-6-4-5-7-13-34(49)52-3)22-47(31)33(48)20-45-36(50)25-14-15-30-28(17-25)27-11-8-9-12-29(27)39(30,41)42/h8-9,11-12,14-15,17-18,21,24,31,43H,2,4-7,10,13,16,19-20,22-23H2,1,3H3,(H,45,50)(H,46,51)/t24-,31+,38-/m1/s1. The third-order valence-corrected chi connectivity index (χ3v) is 10.8. The maximum atomic E-state index is 16.4. The molecule has 1 saturated heterocycles. The Hall–Kier alpha value is -4.89. The Bertz CT molecular complexity index is 1900. The van der Waals surface area contributed by atoms with E-state index in [1.54, 1.807) is 30.5 Å². The molecule has 15 heteroatoms. The molecule has 0 unspecified atom stereocenters. The molecule has 3 amide bonds. The molecule has 2 aliphatic rings. The maximum absolute atomic E-state index is 16.4. The first-order valence-corrected chi connectivity index (χ1v) is 18.6. The van der Waals surface area contributed by atoms with E-state index in [9.17, 15) is 19.2 Å². The lowest BCUT2D eigenvalue weighted by molar-refractivity contribution is -0.140. The predicted octanol–water partition coefficient (Wildman–Crippen LogP) is 6.34. The van der Waals surface area contributed by atoms with Gasteiger partial charge in [-0.15, -0.1) is 11.3 Å². The summed E-state index contributed by atoms with van der Waals surface area (Å²) in [5.41, 5.74) is -1.30. The fourth-order valence-corrected chi connectivity index (χ4v) is 7.65. The van der Waals surface area contributed by atoms with Crippen LogP contribution in [0, 0.1) is 5.41 Å². The van der Waals surface area contributed by atoms with Crippen LogP contribution in [0.1, 0.15) is 89.8 Å². The Morgan fingerprint density at radius 1 is 1.02 bits per heavy atom.